The van der Waals surface area contributed by atoms with E-state index in [1.54, 1.807) is 24.5 Å². The molecule has 1 unspecified atom stereocenters. The predicted molar refractivity (Wildman–Crippen MR) is 153 cm³/mol. The first-order valence-corrected chi connectivity index (χ1v) is 15.0. The number of carbonyl (C=O) groups is 1. The Labute approximate surface area is 234 Å². The largest absolute Gasteiger partial charge is 0.416 e. The van der Waals surface area contributed by atoms with Crippen LogP contribution in [0.15, 0.2) is 67.3 Å². The number of aromatic nitrogens is 3. The number of hydrogen-bond donors (Lipinski definition) is 1. The summed E-state index contributed by atoms with van der Waals surface area (Å²) in [6.07, 6.45) is 3.24. The molecule has 40 heavy (non-hydrogen) atoms. The van der Waals surface area contributed by atoms with Crippen LogP contribution >= 0.6 is 0 Å². The molecular formula is C30H34F3N4O2Si. The molecule has 0 bridgehead atoms. The molecule has 0 saturated carbocycles. The van der Waals surface area contributed by atoms with E-state index in [0.29, 0.717) is 24.3 Å². The van der Waals surface area contributed by atoms with Gasteiger partial charge in [0.05, 0.1) is 30.1 Å². The van der Waals surface area contributed by atoms with Crippen molar-refractivity contribution in [2.75, 3.05) is 11.9 Å². The molecule has 4 aromatic rings. The number of alkyl halides is 3. The molecule has 0 aliphatic rings. The number of carbonyl (C=O) groups excluding carboxylic acids is 1. The van der Waals surface area contributed by atoms with Crippen molar-refractivity contribution >= 4 is 31.5 Å². The van der Waals surface area contributed by atoms with Crippen LogP contribution in [0.3, 0.4) is 0 Å². The monoisotopic (exact) mass is 567 g/mol. The number of pyridine rings is 2. The second-order valence-corrected chi connectivity index (χ2v) is 14.0. The van der Waals surface area contributed by atoms with E-state index in [1.165, 1.54) is 12.1 Å². The lowest BCUT2D eigenvalue weighted by molar-refractivity contribution is -0.137. The van der Waals surface area contributed by atoms with Crippen molar-refractivity contribution in [2.45, 2.75) is 64.3 Å². The van der Waals surface area contributed by atoms with Gasteiger partial charge in [0.15, 0.2) is 0 Å². The number of benzene rings is 1. The molecule has 1 N–H and O–H groups in total. The highest BCUT2D eigenvalue weighted by Gasteiger charge is 2.30. The molecule has 211 valence electrons. The molecule has 10 heteroatoms. The Hall–Kier alpha value is -3.50. The van der Waals surface area contributed by atoms with Crippen LogP contribution < -0.4 is 5.32 Å². The maximum atomic E-state index is 13.0. The minimum Gasteiger partial charge on any atom is -0.414 e. The minimum absolute atomic E-state index is 0.121. The molecule has 0 aliphatic heterocycles. The Morgan fingerprint density at radius 2 is 1.90 bits per heavy atom. The standard InChI is InChI=1S/C30H34F3N4O2Si/c1-20(19-39-40(5)29(2,3)4)37-18-22(26-17-34-11-10-27(26)37)15-25-16-24(9-12-35-25)36-28(38)14-21-7-6-8-23(13-21)30(31,32)33/h6-13,16-18,20H,14-15,19H2,1-5H3,(H,35,36,38). The van der Waals surface area contributed by atoms with Gasteiger partial charge in [-0.2, -0.15) is 13.2 Å². The van der Waals surface area contributed by atoms with Gasteiger partial charge >= 0.3 is 6.18 Å². The van der Waals surface area contributed by atoms with E-state index in [9.17, 15) is 18.0 Å². The van der Waals surface area contributed by atoms with Crippen molar-refractivity contribution in [1.82, 2.24) is 14.5 Å². The summed E-state index contributed by atoms with van der Waals surface area (Å²) in [7, 11) is -0.964. The Morgan fingerprint density at radius 3 is 2.62 bits per heavy atom. The lowest BCUT2D eigenvalue weighted by Crippen LogP contribution is -2.28. The first kappa shape index (κ1) is 29.5. The summed E-state index contributed by atoms with van der Waals surface area (Å²) in [5.41, 5.74) is 2.91. The SMILES string of the molecule is CC(CO[Si](C)C(C)(C)C)n1cc(Cc2cc(NC(=O)Cc3cccc(C(F)(F)F)c3)ccn2)c2cnccc21. The Kier molecular flexibility index (Phi) is 8.79. The zero-order valence-electron chi connectivity index (χ0n) is 23.3. The van der Waals surface area contributed by atoms with Gasteiger partial charge in [0.1, 0.15) is 0 Å². The predicted octanol–water partition coefficient (Wildman–Crippen LogP) is 7.22. The summed E-state index contributed by atoms with van der Waals surface area (Å²) in [6.45, 7) is 11.6. The number of nitrogens with one attached hydrogen (secondary N) is 1. The van der Waals surface area contributed by atoms with Crippen molar-refractivity contribution in [3.05, 3.63) is 89.6 Å². The number of hydrogen-bond acceptors (Lipinski definition) is 4. The first-order valence-electron chi connectivity index (χ1n) is 13.1. The lowest BCUT2D eigenvalue weighted by atomic mass is 10.1. The second-order valence-electron chi connectivity index (χ2n) is 11.1. The smallest absolute Gasteiger partial charge is 0.414 e. The third-order valence-corrected chi connectivity index (χ3v) is 9.59. The third-order valence-electron chi connectivity index (χ3n) is 6.88. The Morgan fingerprint density at radius 1 is 1.12 bits per heavy atom. The van der Waals surface area contributed by atoms with Crippen molar-refractivity contribution in [2.24, 2.45) is 0 Å². The molecule has 0 aliphatic carbocycles. The molecule has 0 saturated heterocycles. The molecule has 0 fully saturated rings. The van der Waals surface area contributed by atoms with Crippen LogP contribution in [0.5, 0.6) is 0 Å². The zero-order valence-corrected chi connectivity index (χ0v) is 24.3. The van der Waals surface area contributed by atoms with Gasteiger partial charge in [0.2, 0.25) is 14.9 Å². The first-order chi connectivity index (χ1) is 18.8. The molecule has 1 radical (unpaired) electrons. The minimum atomic E-state index is -4.46. The number of anilines is 1. The third kappa shape index (κ3) is 7.36. The highest BCUT2D eigenvalue weighted by molar-refractivity contribution is 6.53. The van der Waals surface area contributed by atoms with Crippen molar-refractivity contribution < 1.29 is 22.4 Å². The molecule has 3 heterocycles. The number of fused-ring (bicyclic) bond motifs is 1. The molecule has 0 spiro atoms. The maximum Gasteiger partial charge on any atom is 0.416 e. The van der Waals surface area contributed by atoms with Crippen molar-refractivity contribution in [1.29, 1.82) is 0 Å². The van der Waals surface area contributed by atoms with E-state index in [1.807, 2.05) is 12.3 Å². The van der Waals surface area contributed by atoms with E-state index in [4.69, 9.17) is 4.43 Å². The number of amides is 1. The van der Waals surface area contributed by atoms with Gasteiger partial charge in [0, 0.05) is 48.0 Å². The topological polar surface area (TPSA) is 69.0 Å². The normalized spacial score (nSPS) is 13.1. The van der Waals surface area contributed by atoms with E-state index in [2.05, 4.69) is 60.3 Å². The van der Waals surface area contributed by atoms with Gasteiger partial charge in [-0.3, -0.25) is 14.8 Å². The van der Waals surface area contributed by atoms with Gasteiger partial charge in [-0.15, -0.1) is 0 Å². The lowest BCUT2D eigenvalue weighted by Gasteiger charge is -2.26. The number of rotatable bonds is 9. The van der Waals surface area contributed by atoms with Crippen LogP contribution in [0, 0.1) is 0 Å². The van der Waals surface area contributed by atoms with Gasteiger partial charge in [-0.25, -0.2) is 0 Å². The fraction of sp³-hybridized carbons (Fsp3) is 0.367. The molecule has 1 amide bonds. The quantitative estimate of drug-likeness (QED) is 0.217. The fourth-order valence-electron chi connectivity index (χ4n) is 4.31. The van der Waals surface area contributed by atoms with Crippen molar-refractivity contribution in [3.63, 3.8) is 0 Å². The fourth-order valence-corrected chi connectivity index (χ4v) is 5.23. The summed E-state index contributed by atoms with van der Waals surface area (Å²) in [6, 6.07) is 10.4. The summed E-state index contributed by atoms with van der Waals surface area (Å²) in [5, 5.41) is 3.95. The van der Waals surface area contributed by atoms with Gasteiger partial charge in [0.25, 0.3) is 0 Å². The van der Waals surface area contributed by atoms with E-state index in [0.717, 1.165) is 34.3 Å². The van der Waals surface area contributed by atoms with Crippen LogP contribution in [0.1, 0.15) is 56.1 Å². The Bertz CT molecular complexity index is 1480. The van der Waals surface area contributed by atoms with Crippen LogP contribution in [0.4, 0.5) is 18.9 Å². The van der Waals surface area contributed by atoms with Crippen LogP contribution in [-0.2, 0) is 28.2 Å². The molecular weight excluding hydrogens is 533 g/mol. The van der Waals surface area contributed by atoms with Gasteiger partial charge in [-0.1, -0.05) is 39.0 Å². The van der Waals surface area contributed by atoms with E-state index >= 15 is 0 Å². The maximum absolute atomic E-state index is 13.0. The van der Waals surface area contributed by atoms with Crippen molar-refractivity contribution in [3.8, 4) is 0 Å². The molecule has 4 rings (SSSR count). The highest BCUT2D eigenvalue weighted by Crippen LogP contribution is 2.31. The number of halogens is 3. The summed E-state index contributed by atoms with van der Waals surface area (Å²) >= 11 is 0. The van der Waals surface area contributed by atoms with E-state index in [-0.39, 0.29) is 17.5 Å². The zero-order chi connectivity index (χ0) is 29.1. The summed E-state index contributed by atoms with van der Waals surface area (Å²) in [5.74, 6) is -0.404. The summed E-state index contributed by atoms with van der Waals surface area (Å²) in [4.78, 5) is 21.4. The van der Waals surface area contributed by atoms with Gasteiger partial charge in [-0.05, 0) is 53.9 Å². The van der Waals surface area contributed by atoms with Crippen LogP contribution in [-0.4, -0.2) is 36.1 Å². The molecule has 1 atom stereocenters. The summed E-state index contributed by atoms with van der Waals surface area (Å²) < 4.78 is 47.5. The Balaban J connectivity index is 1.47. The highest BCUT2D eigenvalue weighted by atomic mass is 28.3. The van der Waals surface area contributed by atoms with Crippen LogP contribution in [0.25, 0.3) is 10.9 Å². The molecule has 6 nitrogen and oxygen atoms in total. The average Bonchev–Trinajstić information content (AvgIpc) is 3.24. The van der Waals surface area contributed by atoms with E-state index < -0.39 is 26.7 Å². The average molecular weight is 568 g/mol. The van der Waals surface area contributed by atoms with Crippen LogP contribution in [0.2, 0.25) is 11.6 Å². The molecule has 1 aromatic carbocycles. The second kappa shape index (κ2) is 11.9. The molecule has 3 aromatic heterocycles. The number of nitrogens with zero attached hydrogens (tertiary/aromatic N) is 3. The van der Waals surface area contributed by atoms with Gasteiger partial charge < -0.3 is 14.3 Å².